The molecule has 136 valence electrons. The van der Waals surface area contributed by atoms with Gasteiger partial charge in [0.05, 0.1) is 6.54 Å². The number of carbonyl (C=O) groups is 2. The zero-order valence-corrected chi connectivity index (χ0v) is 14.8. The monoisotopic (exact) mass is 356 g/mol. The molecule has 0 N–H and O–H groups in total. The number of hydrogen-bond donors (Lipinski definition) is 0. The summed E-state index contributed by atoms with van der Waals surface area (Å²) in [6.45, 7) is 3.93. The lowest BCUT2D eigenvalue weighted by Gasteiger charge is -2.19. The molecule has 0 aliphatic heterocycles. The van der Waals surface area contributed by atoms with Gasteiger partial charge < -0.3 is 14.5 Å². The molecule has 0 radical (unpaired) electrons. The van der Waals surface area contributed by atoms with Crippen molar-refractivity contribution in [2.75, 3.05) is 32.1 Å². The molecule has 6 heteroatoms. The van der Waals surface area contributed by atoms with E-state index in [0.717, 1.165) is 0 Å². The van der Waals surface area contributed by atoms with E-state index in [9.17, 15) is 14.0 Å². The molecule has 0 bridgehead atoms. The predicted octanol–water partition coefficient (Wildman–Crippen LogP) is 3.13. The number of para-hydroxylation sites is 1. The van der Waals surface area contributed by atoms with E-state index in [1.165, 1.54) is 28.0 Å². The number of amides is 2. The third kappa shape index (κ3) is 4.69. The highest BCUT2D eigenvalue weighted by Gasteiger charge is 2.13. The second-order valence-electron chi connectivity index (χ2n) is 5.65. The zero-order chi connectivity index (χ0) is 19.1. The standard InChI is InChI=1S/C20H21FN2O3/c1-4-19(24)23(3)16-11-9-15(10-12-16)20(25)22(2)13-14-26-18-8-6-5-7-17(18)21/h4-12H,1,13-14H2,2-3H3. The van der Waals surface area contributed by atoms with Gasteiger partial charge in [-0.05, 0) is 42.5 Å². The first-order valence-corrected chi connectivity index (χ1v) is 8.07. The third-order valence-corrected chi connectivity index (χ3v) is 3.87. The van der Waals surface area contributed by atoms with Crippen LogP contribution in [-0.4, -0.2) is 44.0 Å². The Hall–Kier alpha value is -3.15. The second-order valence-corrected chi connectivity index (χ2v) is 5.65. The van der Waals surface area contributed by atoms with E-state index >= 15 is 0 Å². The summed E-state index contributed by atoms with van der Waals surface area (Å²) in [4.78, 5) is 26.9. The van der Waals surface area contributed by atoms with Gasteiger partial charge in [-0.3, -0.25) is 9.59 Å². The first kappa shape index (κ1) is 19.2. The molecular weight excluding hydrogens is 335 g/mol. The Kier molecular flexibility index (Phi) is 6.49. The number of carbonyl (C=O) groups excluding carboxylic acids is 2. The lowest BCUT2D eigenvalue weighted by molar-refractivity contribution is -0.113. The lowest BCUT2D eigenvalue weighted by Crippen LogP contribution is -2.31. The van der Waals surface area contributed by atoms with Crippen molar-refractivity contribution in [3.05, 3.63) is 72.6 Å². The minimum absolute atomic E-state index is 0.160. The highest BCUT2D eigenvalue weighted by atomic mass is 19.1. The molecule has 0 aliphatic rings. The molecule has 0 saturated carbocycles. The number of ether oxygens (including phenoxy) is 1. The van der Waals surface area contributed by atoms with Crippen LogP contribution in [0.25, 0.3) is 0 Å². The Morgan fingerprint density at radius 1 is 1.12 bits per heavy atom. The van der Waals surface area contributed by atoms with Crippen LogP contribution >= 0.6 is 0 Å². The van der Waals surface area contributed by atoms with Crippen molar-refractivity contribution in [3.63, 3.8) is 0 Å². The smallest absolute Gasteiger partial charge is 0.253 e. The van der Waals surface area contributed by atoms with Gasteiger partial charge in [-0.25, -0.2) is 4.39 Å². The van der Waals surface area contributed by atoms with Crippen LogP contribution in [0.15, 0.2) is 61.2 Å². The number of likely N-dealkylation sites (N-methyl/N-ethyl adjacent to an activating group) is 2. The number of rotatable bonds is 7. The maximum atomic E-state index is 13.5. The van der Waals surface area contributed by atoms with Crippen molar-refractivity contribution in [1.29, 1.82) is 0 Å². The molecule has 2 rings (SSSR count). The van der Waals surface area contributed by atoms with Crippen LogP contribution in [0.5, 0.6) is 5.75 Å². The molecule has 0 atom stereocenters. The topological polar surface area (TPSA) is 49.9 Å². The Balaban J connectivity index is 1.92. The summed E-state index contributed by atoms with van der Waals surface area (Å²) in [5.74, 6) is -0.694. The Labute approximate surface area is 152 Å². The first-order valence-electron chi connectivity index (χ1n) is 8.07. The molecule has 0 aliphatic carbocycles. The first-order chi connectivity index (χ1) is 12.4. The van der Waals surface area contributed by atoms with Crippen molar-refractivity contribution in [2.45, 2.75) is 0 Å². The zero-order valence-electron chi connectivity index (χ0n) is 14.8. The number of nitrogens with zero attached hydrogens (tertiary/aromatic N) is 2. The molecular formula is C20H21FN2O3. The van der Waals surface area contributed by atoms with Crippen LogP contribution < -0.4 is 9.64 Å². The molecule has 26 heavy (non-hydrogen) atoms. The van der Waals surface area contributed by atoms with Crippen LogP contribution in [-0.2, 0) is 4.79 Å². The van der Waals surface area contributed by atoms with Crippen LogP contribution in [0, 0.1) is 5.82 Å². The number of anilines is 1. The predicted molar refractivity (Wildman–Crippen MR) is 98.9 cm³/mol. The van der Waals surface area contributed by atoms with Gasteiger partial charge in [-0.1, -0.05) is 18.7 Å². The van der Waals surface area contributed by atoms with Gasteiger partial charge in [0.2, 0.25) is 5.91 Å². The average Bonchev–Trinajstić information content (AvgIpc) is 2.67. The number of halogens is 1. The second kappa shape index (κ2) is 8.80. The summed E-state index contributed by atoms with van der Waals surface area (Å²) < 4.78 is 18.8. The fourth-order valence-electron chi connectivity index (χ4n) is 2.27. The van der Waals surface area contributed by atoms with Gasteiger partial charge in [0.25, 0.3) is 5.91 Å². The number of benzene rings is 2. The largest absolute Gasteiger partial charge is 0.489 e. The summed E-state index contributed by atoms with van der Waals surface area (Å²) in [5.41, 5.74) is 1.15. The van der Waals surface area contributed by atoms with E-state index in [1.54, 1.807) is 50.5 Å². The minimum atomic E-state index is -0.435. The van der Waals surface area contributed by atoms with Crippen LogP contribution in [0.3, 0.4) is 0 Å². The maximum Gasteiger partial charge on any atom is 0.253 e. The summed E-state index contributed by atoms with van der Waals surface area (Å²) >= 11 is 0. The molecule has 2 aromatic rings. The summed E-state index contributed by atoms with van der Waals surface area (Å²) in [6, 6.07) is 12.8. The van der Waals surface area contributed by atoms with Gasteiger partial charge in [0.1, 0.15) is 6.61 Å². The quantitative estimate of drug-likeness (QED) is 0.716. The molecule has 2 aromatic carbocycles. The fraction of sp³-hybridized carbons (Fsp3) is 0.200. The van der Waals surface area contributed by atoms with Crippen LogP contribution in [0.2, 0.25) is 0 Å². The maximum absolute atomic E-state index is 13.5. The van der Waals surface area contributed by atoms with Crippen LogP contribution in [0.1, 0.15) is 10.4 Å². The van der Waals surface area contributed by atoms with Crippen molar-refractivity contribution in [3.8, 4) is 5.75 Å². The molecule has 0 aromatic heterocycles. The van der Waals surface area contributed by atoms with Gasteiger partial charge >= 0.3 is 0 Å². The molecule has 0 heterocycles. The summed E-state index contributed by atoms with van der Waals surface area (Å²) in [6.07, 6.45) is 1.22. The van der Waals surface area contributed by atoms with E-state index in [-0.39, 0.29) is 24.2 Å². The molecule has 5 nitrogen and oxygen atoms in total. The van der Waals surface area contributed by atoms with Crippen molar-refractivity contribution < 1.29 is 18.7 Å². The summed E-state index contributed by atoms with van der Waals surface area (Å²) in [5, 5.41) is 0. The van der Waals surface area contributed by atoms with Crippen molar-refractivity contribution in [1.82, 2.24) is 4.90 Å². The lowest BCUT2D eigenvalue weighted by atomic mass is 10.1. The molecule has 2 amide bonds. The van der Waals surface area contributed by atoms with Gasteiger partial charge in [0.15, 0.2) is 11.6 Å². The van der Waals surface area contributed by atoms with E-state index in [0.29, 0.717) is 17.8 Å². The Morgan fingerprint density at radius 2 is 1.77 bits per heavy atom. The normalized spacial score (nSPS) is 10.1. The molecule has 0 spiro atoms. The van der Waals surface area contributed by atoms with E-state index in [1.807, 2.05) is 0 Å². The molecule has 0 fully saturated rings. The number of hydrogen-bond acceptors (Lipinski definition) is 3. The van der Waals surface area contributed by atoms with Crippen molar-refractivity contribution >= 4 is 17.5 Å². The molecule has 0 unspecified atom stereocenters. The fourth-order valence-corrected chi connectivity index (χ4v) is 2.27. The highest BCUT2D eigenvalue weighted by molar-refractivity contribution is 6.01. The van der Waals surface area contributed by atoms with E-state index in [2.05, 4.69) is 6.58 Å². The van der Waals surface area contributed by atoms with Gasteiger partial charge in [-0.2, -0.15) is 0 Å². The SMILES string of the molecule is C=CC(=O)N(C)c1ccc(C(=O)N(C)CCOc2ccccc2F)cc1. The van der Waals surface area contributed by atoms with Crippen molar-refractivity contribution in [2.24, 2.45) is 0 Å². The Morgan fingerprint density at radius 3 is 2.38 bits per heavy atom. The van der Waals surface area contributed by atoms with E-state index in [4.69, 9.17) is 4.74 Å². The highest BCUT2D eigenvalue weighted by Crippen LogP contribution is 2.16. The third-order valence-electron chi connectivity index (χ3n) is 3.87. The molecule has 0 saturated heterocycles. The van der Waals surface area contributed by atoms with Gasteiger partial charge in [-0.15, -0.1) is 0 Å². The van der Waals surface area contributed by atoms with E-state index < -0.39 is 5.82 Å². The van der Waals surface area contributed by atoms with Gasteiger partial charge in [0, 0.05) is 25.3 Å². The average molecular weight is 356 g/mol. The minimum Gasteiger partial charge on any atom is -0.489 e. The Bertz CT molecular complexity index is 790. The summed E-state index contributed by atoms with van der Waals surface area (Å²) in [7, 11) is 3.28. The van der Waals surface area contributed by atoms with Crippen LogP contribution in [0.4, 0.5) is 10.1 Å².